The van der Waals surface area contributed by atoms with Crippen LogP contribution in [0.5, 0.6) is 0 Å². The fourth-order valence-corrected chi connectivity index (χ4v) is 2.34. The number of nitrogens with one attached hydrogen (secondary N) is 2. The Morgan fingerprint density at radius 3 is 2.43 bits per heavy atom. The smallest absolute Gasteiger partial charge is 0.216 e. The van der Waals surface area contributed by atoms with Gasteiger partial charge in [0.15, 0.2) is 0 Å². The van der Waals surface area contributed by atoms with Gasteiger partial charge in [0.05, 0.1) is 4.75 Å². The minimum absolute atomic E-state index is 0.0629. The van der Waals surface area contributed by atoms with Gasteiger partial charge in [-0.15, -0.1) is 0 Å². The van der Waals surface area contributed by atoms with E-state index in [0.29, 0.717) is 0 Å². The quantitative estimate of drug-likeness (QED) is 0.710. The van der Waals surface area contributed by atoms with E-state index in [0.717, 1.165) is 25.9 Å². The first-order valence-electron chi connectivity index (χ1n) is 5.05. The Morgan fingerprint density at radius 1 is 1.36 bits per heavy atom. The van der Waals surface area contributed by atoms with E-state index in [1.54, 1.807) is 20.8 Å². The Kier molecular flexibility index (Phi) is 3.55. The first-order valence-corrected chi connectivity index (χ1v) is 6.54. The van der Waals surface area contributed by atoms with E-state index in [1.165, 1.54) is 0 Å². The van der Waals surface area contributed by atoms with E-state index >= 15 is 0 Å². The summed E-state index contributed by atoms with van der Waals surface area (Å²) < 4.78 is 25.6. The zero-order chi connectivity index (χ0) is 10.8. The molecule has 14 heavy (non-hydrogen) atoms. The van der Waals surface area contributed by atoms with Gasteiger partial charge in [0, 0.05) is 12.6 Å². The van der Waals surface area contributed by atoms with Crippen LogP contribution in [0, 0.1) is 0 Å². The molecule has 4 nitrogen and oxygen atoms in total. The Labute approximate surface area is 86.5 Å². The Morgan fingerprint density at radius 2 is 2.00 bits per heavy atom. The van der Waals surface area contributed by atoms with Crippen LogP contribution in [0.4, 0.5) is 0 Å². The van der Waals surface area contributed by atoms with E-state index in [2.05, 4.69) is 10.0 Å². The summed E-state index contributed by atoms with van der Waals surface area (Å²) in [4.78, 5) is 0. The van der Waals surface area contributed by atoms with Crippen LogP contribution in [-0.2, 0) is 10.0 Å². The Balaban J connectivity index is 2.58. The van der Waals surface area contributed by atoms with Gasteiger partial charge in [0.1, 0.15) is 0 Å². The van der Waals surface area contributed by atoms with E-state index in [9.17, 15) is 8.42 Å². The molecule has 1 aliphatic rings. The molecular weight excluding hydrogens is 200 g/mol. The average Bonchev–Trinajstić information content (AvgIpc) is 2.03. The van der Waals surface area contributed by atoms with Crippen LogP contribution in [0.1, 0.15) is 33.6 Å². The second-order valence-corrected chi connectivity index (χ2v) is 7.24. The van der Waals surface area contributed by atoms with Crippen molar-refractivity contribution >= 4 is 10.0 Å². The van der Waals surface area contributed by atoms with Gasteiger partial charge >= 0.3 is 0 Å². The number of hydrogen-bond acceptors (Lipinski definition) is 3. The number of rotatable bonds is 2. The lowest BCUT2D eigenvalue weighted by atomic mass is 10.1. The number of piperidine rings is 1. The predicted octanol–water partition coefficient (Wildman–Crippen LogP) is 0.456. The molecule has 0 amide bonds. The molecule has 1 heterocycles. The highest BCUT2D eigenvalue weighted by atomic mass is 32.2. The standard InChI is InChI=1S/C9H20N2O2S/c1-9(2,3)14(12,13)11-8-5-4-6-10-7-8/h8,10-11H,4-7H2,1-3H3/t8-/m1/s1. The highest BCUT2D eigenvalue weighted by molar-refractivity contribution is 7.90. The Bertz CT molecular complexity index is 274. The second-order valence-electron chi connectivity index (χ2n) is 4.78. The van der Waals surface area contributed by atoms with Crippen molar-refractivity contribution in [2.75, 3.05) is 13.1 Å². The van der Waals surface area contributed by atoms with Crippen LogP contribution in [0.2, 0.25) is 0 Å². The minimum Gasteiger partial charge on any atom is -0.315 e. The van der Waals surface area contributed by atoms with E-state index in [4.69, 9.17) is 0 Å². The highest BCUT2D eigenvalue weighted by Crippen LogP contribution is 2.15. The molecule has 1 atom stereocenters. The number of sulfonamides is 1. The molecule has 1 fully saturated rings. The maximum atomic E-state index is 11.8. The zero-order valence-corrected chi connectivity index (χ0v) is 9.95. The molecule has 84 valence electrons. The van der Waals surface area contributed by atoms with Gasteiger partial charge in [0.25, 0.3) is 0 Å². The van der Waals surface area contributed by atoms with Gasteiger partial charge in [-0.05, 0) is 40.2 Å². The largest absolute Gasteiger partial charge is 0.315 e. The van der Waals surface area contributed by atoms with Gasteiger partial charge in [-0.1, -0.05) is 0 Å². The molecule has 1 aliphatic heterocycles. The molecule has 0 bridgehead atoms. The molecule has 0 aromatic carbocycles. The van der Waals surface area contributed by atoms with Crippen molar-refractivity contribution in [1.29, 1.82) is 0 Å². The molecule has 0 aromatic heterocycles. The molecule has 0 aromatic rings. The zero-order valence-electron chi connectivity index (χ0n) is 9.13. The van der Waals surface area contributed by atoms with Crippen LogP contribution in [-0.4, -0.2) is 32.3 Å². The van der Waals surface area contributed by atoms with Crippen LogP contribution in [0.3, 0.4) is 0 Å². The van der Waals surface area contributed by atoms with Crippen LogP contribution < -0.4 is 10.0 Å². The summed E-state index contributed by atoms with van der Waals surface area (Å²) in [6.45, 7) is 6.88. The first kappa shape index (κ1) is 11.9. The van der Waals surface area contributed by atoms with Gasteiger partial charge in [-0.25, -0.2) is 13.1 Å². The Hall–Kier alpha value is -0.130. The summed E-state index contributed by atoms with van der Waals surface area (Å²) in [7, 11) is -3.19. The van der Waals surface area contributed by atoms with Crippen molar-refractivity contribution < 1.29 is 8.42 Å². The lowest BCUT2D eigenvalue weighted by molar-refractivity contribution is 0.423. The molecule has 1 saturated heterocycles. The lowest BCUT2D eigenvalue weighted by Gasteiger charge is -2.28. The fourth-order valence-electron chi connectivity index (χ4n) is 1.35. The molecule has 2 N–H and O–H groups in total. The normalized spacial score (nSPS) is 24.9. The number of hydrogen-bond donors (Lipinski definition) is 2. The molecule has 5 heteroatoms. The summed E-state index contributed by atoms with van der Waals surface area (Å²) >= 11 is 0. The third-order valence-corrected chi connectivity index (χ3v) is 4.68. The van der Waals surface area contributed by atoms with Crippen LogP contribution in [0.15, 0.2) is 0 Å². The van der Waals surface area contributed by atoms with Crippen molar-refractivity contribution in [3.05, 3.63) is 0 Å². The van der Waals surface area contributed by atoms with Crippen LogP contribution in [0.25, 0.3) is 0 Å². The third kappa shape index (κ3) is 2.93. The summed E-state index contributed by atoms with van der Waals surface area (Å²) in [6.07, 6.45) is 1.97. The lowest BCUT2D eigenvalue weighted by Crippen LogP contribution is -2.50. The topological polar surface area (TPSA) is 58.2 Å². The first-order chi connectivity index (χ1) is 6.33. The summed E-state index contributed by atoms with van der Waals surface area (Å²) in [5.41, 5.74) is 0. The van der Waals surface area contributed by atoms with Gasteiger partial charge in [0.2, 0.25) is 10.0 Å². The highest BCUT2D eigenvalue weighted by Gasteiger charge is 2.31. The van der Waals surface area contributed by atoms with Crippen molar-refractivity contribution in [3.8, 4) is 0 Å². The maximum absolute atomic E-state index is 11.8. The molecular formula is C9H20N2O2S. The fraction of sp³-hybridized carbons (Fsp3) is 1.00. The van der Waals surface area contributed by atoms with E-state index < -0.39 is 14.8 Å². The van der Waals surface area contributed by atoms with Crippen molar-refractivity contribution in [1.82, 2.24) is 10.0 Å². The van der Waals surface area contributed by atoms with Crippen LogP contribution >= 0.6 is 0 Å². The molecule has 0 aliphatic carbocycles. The summed E-state index contributed by atoms with van der Waals surface area (Å²) in [5.74, 6) is 0. The summed E-state index contributed by atoms with van der Waals surface area (Å²) in [6, 6.07) is 0.0629. The monoisotopic (exact) mass is 220 g/mol. The van der Waals surface area contributed by atoms with E-state index in [-0.39, 0.29) is 6.04 Å². The minimum atomic E-state index is -3.19. The molecule has 0 saturated carbocycles. The summed E-state index contributed by atoms with van der Waals surface area (Å²) in [5, 5.41) is 3.18. The van der Waals surface area contributed by atoms with Gasteiger partial charge in [-0.2, -0.15) is 0 Å². The molecule has 0 spiro atoms. The van der Waals surface area contributed by atoms with Crippen molar-refractivity contribution in [3.63, 3.8) is 0 Å². The van der Waals surface area contributed by atoms with Crippen molar-refractivity contribution in [2.24, 2.45) is 0 Å². The molecule has 1 rings (SSSR count). The molecule has 0 unspecified atom stereocenters. The maximum Gasteiger partial charge on any atom is 0.216 e. The average molecular weight is 220 g/mol. The van der Waals surface area contributed by atoms with E-state index in [1.807, 2.05) is 0 Å². The third-order valence-electron chi connectivity index (χ3n) is 2.42. The predicted molar refractivity (Wildman–Crippen MR) is 57.7 cm³/mol. The molecule has 0 radical (unpaired) electrons. The van der Waals surface area contributed by atoms with Gasteiger partial charge < -0.3 is 5.32 Å². The van der Waals surface area contributed by atoms with Crippen molar-refractivity contribution in [2.45, 2.75) is 44.4 Å². The van der Waals surface area contributed by atoms with Gasteiger partial charge in [-0.3, -0.25) is 0 Å². The second kappa shape index (κ2) is 4.16. The SMILES string of the molecule is CC(C)(C)S(=O)(=O)N[C@@H]1CCCNC1.